The zero-order chi connectivity index (χ0) is 16.4. The molecule has 0 radical (unpaired) electrons. The molecule has 2 aromatic carbocycles. The fourth-order valence-corrected chi connectivity index (χ4v) is 4.01. The van der Waals surface area contributed by atoms with Gasteiger partial charge in [-0.25, -0.2) is 15.1 Å². The summed E-state index contributed by atoms with van der Waals surface area (Å²) >= 11 is 6.53. The summed E-state index contributed by atoms with van der Waals surface area (Å²) in [5, 5.41) is 12.2. The van der Waals surface area contributed by atoms with Gasteiger partial charge in [0.25, 0.3) is 0 Å². The lowest BCUT2D eigenvalue weighted by atomic mass is 10.2. The highest BCUT2D eigenvalue weighted by Gasteiger charge is 2.20. The molecule has 23 heavy (non-hydrogen) atoms. The summed E-state index contributed by atoms with van der Waals surface area (Å²) in [7, 11) is 0. The maximum Gasteiger partial charge on any atom is 0.165 e. The molecule has 0 aliphatic heterocycles. The van der Waals surface area contributed by atoms with Gasteiger partial charge in [0.15, 0.2) is 9.37 Å². The minimum atomic E-state index is -0.385. The van der Waals surface area contributed by atoms with Gasteiger partial charge in [0.2, 0.25) is 0 Å². The van der Waals surface area contributed by atoms with Gasteiger partial charge in [-0.05, 0) is 36.6 Å². The predicted octanol–water partition coefficient (Wildman–Crippen LogP) is 4.98. The van der Waals surface area contributed by atoms with Crippen molar-refractivity contribution in [2.75, 3.05) is 11.3 Å². The van der Waals surface area contributed by atoms with Crippen LogP contribution in [0.5, 0.6) is 0 Å². The van der Waals surface area contributed by atoms with E-state index in [9.17, 15) is 10.1 Å². The lowest BCUT2D eigenvalue weighted by Gasteiger charge is -2.14. The molecule has 0 atom stereocenters. The average Bonchev–Trinajstić information content (AvgIpc) is 2.97. The van der Waals surface area contributed by atoms with Crippen molar-refractivity contribution < 1.29 is 5.03 Å². The summed E-state index contributed by atoms with van der Waals surface area (Å²) in [6.07, 6.45) is 1.97. The van der Waals surface area contributed by atoms with Gasteiger partial charge in [0.05, 0.1) is 10.2 Å². The summed E-state index contributed by atoms with van der Waals surface area (Å²) in [6.45, 7) is 0.170. The van der Waals surface area contributed by atoms with E-state index in [4.69, 9.17) is 0 Å². The number of nitrogens with zero attached hydrogens (tertiary/aromatic N) is 3. The number of para-hydroxylation sites is 1. The van der Waals surface area contributed by atoms with Crippen LogP contribution in [0.2, 0.25) is 0 Å². The van der Waals surface area contributed by atoms with E-state index < -0.39 is 0 Å². The van der Waals surface area contributed by atoms with Crippen LogP contribution in [0, 0.1) is 10.1 Å². The number of fused-ring (bicyclic) bond motifs is 1. The summed E-state index contributed by atoms with van der Waals surface area (Å²) in [6, 6.07) is 12.8. The lowest BCUT2D eigenvalue weighted by molar-refractivity contribution is -0.496. The number of aromatic nitrogens is 1. The molecule has 0 bridgehead atoms. The molecule has 0 saturated carbocycles. The van der Waals surface area contributed by atoms with Crippen molar-refractivity contribution in [2.24, 2.45) is 0 Å². The predicted molar refractivity (Wildman–Crippen MR) is 98.7 cm³/mol. The molecule has 0 aliphatic rings. The van der Waals surface area contributed by atoms with Gasteiger partial charge in [-0.1, -0.05) is 44.8 Å². The topological polar surface area (TPSA) is 59.3 Å². The third kappa shape index (κ3) is 3.49. The van der Waals surface area contributed by atoms with E-state index in [-0.39, 0.29) is 11.6 Å². The van der Waals surface area contributed by atoms with Crippen molar-refractivity contribution in [3.63, 3.8) is 0 Å². The molecule has 0 N–H and O–H groups in total. The van der Waals surface area contributed by atoms with Gasteiger partial charge in [0, 0.05) is 10.0 Å². The normalized spacial score (nSPS) is 10.9. The van der Waals surface area contributed by atoms with E-state index in [2.05, 4.69) is 20.9 Å². The summed E-state index contributed by atoms with van der Waals surface area (Å²) in [4.78, 5) is 16.1. The molecule has 0 unspecified atom stereocenters. The third-order valence-electron chi connectivity index (χ3n) is 3.30. The quantitative estimate of drug-likeness (QED) is 0.337. The van der Waals surface area contributed by atoms with Crippen molar-refractivity contribution in [1.29, 1.82) is 0 Å². The molecule has 5 nitrogen and oxygen atoms in total. The smallest absolute Gasteiger partial charge is 0.165 e. The zero-order valence-electron chi connectivity index (χ0n) is 12.1. The largest absolute Gasteiger partial charge is 0.234 e. The molecule has 3 aromatic rings. The number of hydrogen-bond acceptors (Lipinski definition) is 5. The van der Waals surface area contributed by atoms with Crippen LogP contribution in [0.3, 0.4) is 0 Å². The van der Waals surface area contributed by atoms with Crippen molar-refractivity contribution in [3.8, 4) is 0 Å². The molecule has 0 saturated heterocycles. The summed E-state index contributed by atoms with van der Waals surface area (Å²) in [5.74, 6) is 0. The first-order chi connectivity index (χ1) is 11.1. The number of hydrogen-bond donors (Lipinski definition) is 0. The van der Waals surface area contributed by atoms with Gasteiger partial charge in [-0.3, -0.25) is 0 Å². The first kappa shape index (κ1) is 16.2. The minimum Gasteiger partial charge on any atom is -0.234 e. The number of hydrazine groups is 1. The van der Waals surface area contributed by atoms with E-state index in [0.29, 0.717) is 5.69 Å². The van der Waals surface area contributed by atoms with Gasteiger partial charge >= 0.3 is 0 Å². The molecule has 8 heteroatoms. The molecule has 118 valence electrons. The van der Waals surface area contributed by atoms with Gasteiger partial charge in [-0.2, -0.15) is 0 Å². The Hall–Kier alpha value is -1.64. The van der Waals surface area contributed by atoms with Crippen LogP contribution in [0.25, 0.3) is 10.2 Å². The van der Waals surface area contributed by atoms with E-state index >= 15 is 0 Å². The molecule has 0 fully saturated rings. The molecular weight excluding hydrogens is 398 g/mol. The number of halogens is 1. The molecule has 3 rings (SSSR count). The second-order valence-electron chi connectivity index (χ2n) is 4.72. The van der Waals surface area contributed by atoms with Crippen LogP contribution in [0.15, 0.2) is 51.3 Å². The van der Waals surface area contributed by atoms with Crippen molar-refractivity contribution in [2.45, 2.75) is 10.9 Å². The number of thioether (sulfide) groups is 1. The highest BCUT2D eigenvalue weighted by molar-refractivity contribution is 9.10. The summed E-state index contributed by atoms with van der Waals surface area (Å²) < 4.78 is 2.89. The van der Waals surface area contributed by atoms with Crippen molar-refractivity contribution in [1.82, 2.24) is 4.98 Å². The molecule has 0 spiro atoms. The van der Waals surface area contributed by atoms with Crippen LogP contribution in [-0.2, 0) is 6.54 Å². The standard InChI is InChI=1S/C15H12BrN3O2S2/c1-22-15-17-14-10(3-2-4-13(14)23-15)9-18(19(20)21)12-7-5-11(16)6-8-12/h2-8H,9H2,1H3. The van der Waals surface area contributed by atoms with Crippen LogP contribution < -0.4 is 5.01 Å². The maximum atomic E-state index is 11.5. The van der Waals surface area contributed by atoms with Crippen LogP contribution in [0.4, 0.5) is 5.69 Å². The number of rotatable bonds is 5. The van der Waals surface area contributed by atoms with Gasteiger partial charge < -0.3 is 0 Å². The Labute approximate surface area is 149 Å². The van der Waals surface area contributed by atoms with Crippen molar-refractivity contribution >= 4 is 54.9 Å². The van der Waals surface area contributed by atoms with Gasteiger partial charge in [0.1, 0.15) is 12.2 Å². The monoisotopic (exact) mass is 409 g/mol. The minimum absolute atomic E-state index is 0.170. The van der Waals surface area contributed by atoms with E-state index in [0.717, 1.165) is 29.6 Å². The number of benzene rings is 2. The SMILES string of the molecule is CSc1nc2c(CN(c3ccc(Br)cc3)[N+](=O)[O-])cccc2s1. The number of nitro groups is 1. The first-order valence-electron chi connectivity index (χ1n) is 6.68. The van der Waals surface area contributed by atoms with E-state index in [1.54, 1.807) is 47.4 Å². The fourth-order valence-electron chi connectivity index (χ4n) is 2.22. The Morgan fingerprint density at radius 1 is 1.30 bits per heavy atom. The number of anilines is 1. The second kappa shape index (κ2) is 6.86. The molecule has 0 aliphatic carbocycles. The summed E-state index contributed by atoms with van der Waals surface area (Å²) in [5.41, 5.74) is 2.22. The lowest BCUT2D eigenvalue weighted by Crippen LogP contribution is -2.29. The third-order valence-corrected chi connectivity index (χ3v) is 5.83. The highest BCUT2D eigenvalue weighted by Crippen LogP contribution is 2.31. The average molecular weight is 410 g/mol. The molecule has 1 heterocycles. The maximum absolute atomic E-state index is 11.5. The fraction of sp³-hybridized carbons (Fsp3) is 0.133. The molecule has 1 aromatic heterocycles. The Kier molecular flexibility index (Phi) is 4.84. The second-order valence-corrected chi connectivity index (χ2v) is 7.72. The van der Waals surface area contributed by atoms with Crippen LogP contribution >= 0.6 is 39.0 Å². The van der Waals surface area contributed by atoms with Crippen LogP contribution in [0.1, 0.15) is 5.56 Å². The Bertz CT molecular complexity index is 852. The zero-order valence-corrected chi connectivity index (χ0v) is 15.3. The molecule has 0 amide bonds. The van der Waals surface area contributed by atoms with Gasteiger partial charge in [-0.15, -0.1) is 11.3 Å². The van der Waals surface area contributed by atoms with E-state index in [1.807, 2.05) is 24.5 Å². The van der Waals surface area contributed by atoms with E-state index in [1.165, 1.54) is 0 Å². The Morgan fingerprint density at radius 2 is 2.04 bits per heavy atom. The Balaban J connectivity index is 1.99. The number of thiazole rings is 1. The van der Waals surface area contributed by atoms with Crippen molar-refractivity contribution in [3.05, 3.63) is 62.6 Å². The van der Waals surface area contributed by atoms with Crippen LogP contribution in [-0.4, -0.2) is 16.3 Å². The Morgan fingerprint density at radius 3 is 2.70 bits per heavy atom. The first-order valence-corrected chi connectivity index (χ1v) is 9.51. The molecular formula is C15H12BrN3O2S2. The highest BCUT2D eigenvalue weighted by atomic mass is 79.9.